The smallest absolute Gasteiger partial charge is 0.333 e. The predicted molar refractivity (Wildman–Crippen MR) is 53.9 cm³/mol. The molecule has 0 aromatic heterocycles. The van der Waals surface area contributed by atoms with E-state index in [-0.39, 0.29) is 12.1 Å². The van der Waals surface area contributed by atoms with Gasteiger partial charge in [-0.1, -0.05) is 13.5 Å². The zero-order chi connectivity index (χ0) is 10.7. The standard InChI is InChI=1S/C11H18O3/c1-7(2)11(12)13-6-5-10-8(3)9(4)14-10/h8-10H,1,5-6H2,2-4H3. The first-order valence-electron chi connectivity index (χ1n) is 5.00. The molecule has 1 aliphatic rings. The lowest BCUT2D eigenvalue weighted by molar-refractivity contribution is -0.176. The maximum absolute atomic E-state index is 11.0. The zero-order valence-corrected chi connectivity index (χ0v) is 9.08. The first-order valence-corrected chi connectivity index (χ1v) is 5.00. The second kappa shape index (κ2) is 4.60. The van der Waals surface area contributed by atoms with Crippen LogP contribution in [0.2, 0.25) is 0 Å². The van der Waals surface area contributed by atoms with Crippen LogP contribution in [0.4, 0.5) is 0 Å². The second-order valence-corrected chi connectivity index (χ2v) is 3.94. The van der Waals surface area contributed by atoms with Crippen LogP contribution in [0.25, 0.3) is 0 Å². The molecule has 3 atom stereocenters. The molecule has 0 bridgehead atoms. The third-order valence-electron chi connectivity index (χ3n) is 2.70. The number of hydrogen-bond donors (Lipinski definition) is 0. The summed E-state index contributed by atoms with van der Waals surface area (Å²) in [4.78, 5) is 11.0. The minimum Gasteiger partial charge on any atom is -0.462 e. The molecule has 3 nitrogen and oxygen atoms in total. The molecule has 0 aromatic carbocycles. The van der Waals surface area contributed by atoms with E-state index >= 15 is 0 Å². The minimum atomic E-state index is -0.315. The lowest BCUT2D eigenvalue weighted by atomic mass is 9.90. The summed E-state index contributed by atoms with van der Waals surface area (Å²) in [5.74, 6) is 0.253. The van der Waals surface area contributed by atoms with Gasteiger partial charge in [0.05, 0.1) is 18.8 Å². The van der Waals surface area contributed by atoms with E-state index in [2.05, 4.69) is 20.4 Å². The van der Waals surface area contributed by atoms with Crippen molar-refractivity contribution in [2.45, 2.75) is 39.4 Å². The Bertz CT molecular complexity index is 235. The van der Waals surface area contributed by atoms with Crippen LogP contribution in [0, 0.1) is 5.92 Å². The average molecular weight is 198 g/mol. The van der Waals surface area contributed by atoms with Gasteiger partial charge in [-0.15, -0.1) is 0 Å². The van der Waals surface area contributed by atoms with Crippen molar-refractivity contribution < 1.29 is 14.3 Å². The van der Waals surface area contributed by atoms with Gasteiger partial charge in [-0.25, -0.2) is 4.79 Å². The molecular formula is C11H18O3. The highest BCUT2D eigenvalue weighted by Crippen LogP contribution is 2.29. The summed E-state index contributed by atoms with van der Waals surface area (Å²) < 4.78 is 10.5. The largest absolute Gasteiger partial charge is 0.462 e. The number of carbonyl (C=O) groups excluding carboxylic acids is 1. The average Bonchev–Trinajstić information content (AvgIpc) is 2.15. The van der Waals surface area contributed by atoms with E-state index in [4.69, 9.17) is 9.47 Å². The molecule has 14 heavy (non-hydrogen) atoms. The summed E-state index contributed by atoms with van der Waals surface area (Å²) in [6.45, 7) is 9.79. The lowest BCUT2D eigenvalue weighted by Crippen LogP contribution is -2.45. The molecule has 1 rings (SSSR count). The van der Waals surface area contributed by atoms with Gasteiger partial charge in [-0.3, -0.25) is 0 Å². The van der Waals surface area contributed by atoms with Gasteiger partial charge in [0, 0.05) is 17.9 Å². The van der Waals surface area contributed by atoms with Crippen molar-refractivity contribution in [1.82, 2.24) is 0 Å². The fourth-order valence-corrected chi connectivity index (χ4v) is 1.46. The van der Waals surface area contributed by atoms with E-state index < -0.39 is 0 Å². The van der Waals surface area contributed by atoms with Gasteiger partial charge < -0.3 is 9.47 Å². The summed E-state index contributed by atoms with van der Waals surface area (Å²) in [7, 11) is 0. The van der Waals surface area contributed by atoms with E-state index in [9.17, 15) is 4.79 Å². The van der Waals surface area contributed by atoms with Crippen molar-refractivity contribution >= 4 is 5.97 Å². The Kier molecular flexibility index (Phi) is 3.69. The highest BCUT2D eigenvalue weighted by atomic mass is 16.5. The Morgan fingerprint density at radius 1 is 1.50 bits per heavy atom. The quantitative estimate of drug-likeness (QED) is 0.511. The molecule has 0 radical (unpaired) electrons. The van der Waals surface area contributed by atoms with Crippen LogP contribution in [0.3, 0.4) is 0 Å². The molecule has 1 fully saturated rings. The van der Waals surface area contributed by atoms with Gasteiger partial charge >= 0.3 is 5.97 Å². The van der Waals surface area contributed by atoms with Gasteiger partial charge in [0.25, 0.3) is 0 Å². The zero-order valence-electron chi connectivity index (χ0n) is 9.08. The van der Waals surface area contributed by atoms with Crippen LogP contribution in [0.1, 0.15) is 27.2 Å². The monoisotopic (exact) mass is 198 g/mol. The molecule has 0 saturated carbocycles. The molecule has 0 aromatic rings. The van der Waals surface area contributed by atoms with Gasteiger partial charge in [0.1, 0.15) is 0 Å². The molecule has 3 unspecified atom stereocenters. The lowest BCUT2D eigenvalue weighted by Gasteiger charge is -2.41. The van der Waals surface area contributed by atoms with Gasteiger partial charge in [-0.2, -0.15) is 0 Å². The van der Waals surface area contributed by atoms with E-state index in [1.54, 1.807) is 6.92 Å². The van der Waals surface area contributed by atoms with E-state index in [1.807, 2.05) is 0 Å². The maximum Gasteiger partial charge on any atom is 0.333 e. The summed E-state index contributed by atoms with van der Waals surface area (Å²) in [6, 6.07) is 0. The first-order chi connectivity index (χ1) is 6.52. The Morgan fingerprint density at radius 2 is 2.14 bits per heavy atom. The molecule has 0 N–H and O–H groups in total. The summed E-state index contributed by atoms with van der Waals surface area (Å²) >= 11 is 0. The first kappa shape index (κ1) is 11.2. The maximum atomic E-state index is 11.0. The van der Waals surface area contributed by atoms with E-state index in [1.165, 1.54) is 0 Å². The molecular weight excluding hydrogens is 180 g/mol. The number of rotatable bonds is 4. The highest BCUT2D eigenvalue weighted by molar-refractivity contribution is 5.86. The van der Waals surface area contributed by atoms with Crippen LogP contribution < -0.4 is 0 Å². The van der Waals surface area contributed by atoms with Crippen LogP contribution in [-0.4, -0.2) is 24.8 Å². The second-order valence-electron chi connectivity index (χ2n) is 3.94. The molecule has 0 amide bonds. The van der Waals surface area contributed by atoms with Crippen molar-refractivity contribution in [2.75, 3.05) is 6.61 Å². The Morgan fingerprint density at radius 3 is 2.57 bits per heavy atom. The number of hydrogen-bond acceptors (Lipinski definition) is 3. The third-order valence-corrected chi connectivity index (χ3v) is 2.70. The van der Waals surface area contributed by atoms with Gasteiger partial charge in [0.2, 0.25) is 0 Å². The molecule has 3 heteroatoms. The summed E-state index contributed by atoms with van der Waals surface area (Å²) in [5, 5.41) is 0. The summed E-state index contributed by atoms with van der Waals surface area (Å²) in [6.07, 6.45) is 1.38. The van der Waals surface area contributed by atoms with Crippen LogP contribution >= 0.6 is 0 Å². The Hall–Kier alpha value is -0.830. The minimum absolute atomic E-state index is 0.253. The van der Waals surface area contributed by atoms with Crippen molar-refractivity contribution in [1.29, 1.82) is 0 Å². The summed E-state index contributed by atoms with van der Waals surface area (Å²) in [5.41, 5.74) is 0.445. The van der Waals surface area contributed by atoms with E-state index in [0.717, 1.165) is 6.42 Å². The molecule has 1 aliphatic heterocycles. The number of ether oxygens (including phenoxy) is 2. The molecule has 1 saturated heterocycles. The van der Waals surface area contributed by atoms with Crippen molar-refractivity contribution in [2.24, 2.45) is 5.92 Å². The molecule has 80 valence electrons. The normalized spacial score (nSPS) is 30.6. The Labute approximate surface area is 85.1 Å². The van der Waals surface area contributed by atoms with Crippen LogP contribution in [0.15, 0.2) is 12.2 Å². The van der Waals surface area contributed by atoms with Crippen molar-refractivity contribution in [3.8, 4) is 0 Å². The third kappa shape index (κ3) is 2.58. The van der Waals surface area contributed by atoms with Crippen molar-refractivity contribution in [3.63, 3.8) is 0 Å². The highest BCUT2D eigenvalue weighted by Gasteiger charge is 2.35. The SMILES string of the molecule is C=C(C)C(=O)OCCC1OC(C)C1C. The topological polar surface area (TPSA) is 35.5 Å². The number of carbonyl (C=O) groups is 1. The number of esters is 1. The molecule has 0 aliphatic carbocycles. The molecule has 0 spiro atoms. The molecule has 1 heterocycles. The Balaban J connectivity index is 2.11. The van der Waals surface area contributed by atoms with E-state index in [0.29, 0.717) is 24.2 Å². The fourth-order valence-electron chi connectivity index (χ4n) is 1.46. The van der Waals surface area contributed by atoms with Crippen LogP contribution in [0.5, 0.6) is 0 Å². The predicted octanol–water partition coefficient (Wildman–Crippen LogP) is 1.92. The van der Waals surface area contributed by atoms with Crippen molar-refractivity contribution in [3.05, 3.63) is 12.2 Å². The fraction of sp³-hybridized carbons (Fsp3) is 0.727. The van der Waals surface area contributed by atoms with Crippen LogP contribution in [-0.2, 0) is 14.3 Å². The van der Waals surface area contributed by atoms with Gasteiger partial charge in [0.15, 0.2) is 0 Å². The van der Waals surface area contributed by atoms with Gasteiger partial charge in [-0.05, 0) is 13.8 Å².